The normalized spacial score (nSPS) is 15.2. The van der Waals surface area contributed by atoms with Crippen LogP contribution in [0.1, 0.15) is 19.3 Å². The van der Waals surface area contributed by atoms with Gasteiger partial charge in [0, 0.05) is 38.3 Å². The third-order valence-electron chi connectivity index (χ3n) is 2.99. The fourth-order valence-corrected chi connectivity index (χ4v) is 3.56. The van der Waals surface area contributed by atoms with Gasteiger partial charge in [0.15, 0.2) is 0 Å². The van der Waals surface area contributed by atoms with E-state index in [4.69, 9.17) is 5.26 Å². The lowest BCUT2D eigenvalue weighted by atomic mass is 10.4. The van der Waals surface area contributed by atoms with Crippen LogP contribution >= 0.6 is 0 Å². The summed E-state index contributed by atoms with van der Waals surface area (Å²) < 4.78 is 26.5. The minimum Gasteiger partial charge on any atom is -0.373 e. The van der Waals surface area contributed by atoms with E-state index in [1.54, 1.807) is 7.05 Å². The highest BCUT2D eigenvalue weighted by molar-refractivity contribution is 7.89. The molecule has 0 atom stereocenters. The van der Waals surface area contributed by atoms with Gasteiger partial charge in [-0.05, 0) is 18.9 Å². The summed E-state index contributed by atoms with van der Waals surface area (Å²) in [5.74, 6) is 0.511. The number of rotatable bonds is 6. The number of sulfonamides is 1. The number of hydrogen-bond acceptors (Lipinski definition) is 5. The van der Waals surface area contributed by atoms with Crippen molar-refractivity contribution in [2.45, 2.75) is 30.2 Å². The molecule has 1 saturated carbocycles. The first-order chi connectivity index (χ1) is 9.09. The average Bonchev–Trinajstić information content (AvgIpc) is 3.23. The van der Waals surface area contributed by atoms with Crippen LogP contribution in [0.15, 0.2) is 23.2 Å². The zero-order chi connectivity index (χ0) is 13.9. The molecule has 1 aliphatic rings. The number of anilines is 1. The Hall–Kier alpha value is -1.65. The van der Waals surface area contributed by atoms with Crippen LogP contribution in [0.4, 0.5) is 5.82 Å². The van der Waals surface area contributed by atoms with Crippen molar-refractivity contribution in [3.63, 3.8) is 0 Å². The van der Waals surface area contributed by atoms with Gasteiger partial charge in [-0.2, -0.15) is 9.57 Å². The first-order valence-corrected chi connectivity index (χ1v) is 7.56. The minimum absolute atomic E-state index is 0.0459. The molecule has 7 heteroatoms. The zero-order valence-corrected chi connectivity index (χ0v) is 11.5. The monoisotopic (exact) mass is 280 g/mol. The van der Waals surface area contributed by atoms with Gasteiger partial charge in [0.05, 0.1) is 11.0 Å². The van der Waals surface area contributed by atoms with E-state index in [2.05, 4.69) is 10.3 Å². The van der Waals surface area contributed by atoms with Crippen LogP contribution in [0.5, 0.6) is 0 Å². The van der Waals surface area contributed by atoms with E-state index in [0.717, 1.165) is 12.8 Å². The largest absolute Gasteiger partial charge is 0.373 e. The molecule has 1 fully saturated rings. The Balaban J connectivity index is 2.30. The van der Waals surface area contributed by atoms with E-state index in [1.165, 1.54) is 22.6 Å². The van der Waals surface area contributed by atoms with Gasteiger partial charge in [-0.3, -0.25) is 0 Å². The molecule has 2 rings (SSSR count). The molecule has 1 aromatic rings. The molecule has 0 bridgehead atoms. The fraction of sp³-hybridized carbons (Fsp3) is 0.500. The smallest absolute Gasteiger partial charge is 0.243 e. The highest BCUT2D eigenvalue weighted by Crippen LogP contribution is 2.32. The molecular weight excluding hydrogens is 264 g/mol. The topological polar surface area (TPSA) is 86.1 Å². The van der Waals surface area contributed by atoms with Crippen LogP contribution in [0.2, 0.25) is 0 Å². The number of nitrogens with zero attached hydrogens (tertiary/aromatic N) is 3. The third kappa shape index (κ3) is 3.03. The summed E-state index contributed by atoms with van der Waals surface area (Å²) in [4.78, 5) is 4.23. The molecule has 102 valence electrons. The predicted octanol–water partition coefficient (Wildman–Crippen LogP) is 1.19. The lowest BCUT2D eigenvalue weighted by molar-refractivity contribution is 0.411. The molecule has 6 nitrogen and oxygen atoms in total. The van der Waals surface area contributed by atoms with Crippen molar-refractivity contribution in [2.75, 3.05) is 18.9 Å². The Bertz CT molecular complexity index is 590. The minimum atomic E-state index is -3.54. The maximum atomic E-state index is 12.5. The van der Waals surface area contributed by atoms with Crippen LogP contribution in [0, 0.1) is 11.3 Å². The second-order valence-corrected chi connectivity index (χ2v) is 6.27. The zero-order valence-electron chi connectivity index (χ0n) is 10.7. The number of aromatic nitrogens is 1. The lowest BCUT2D eigenvalue weighted by Gasteiger charge is -2.20. The average molecular weight is 280 g/mol. The Kier molecular flexibility index (Phi) is 4.02. The number of nitriles is 1. The summed E-state index contributed by atoms with van der Waals surface area (Å²) in [6, 6.07) is 5.04. The first-order valence-electron chi connectivity index (χ1n) is 6.12. The van der Waals surface area contributed by atoms with Crippen molar-refractivity contribution in [1.82, 2.24) is 9.29 Å². The van der Waals surface area contributed by atoms with Gasteiger partial charge in [-0.25, -0.2) is 13.4 Å². The van der Waals surface area contributed by atoms with Crippen LogP contribution < -0.4 is 5.32 Å². The van der Waals surface area contributed by atoms with Gasteiger partial charge >= 0.3 is 0 Å². The van der Waals surface area contributed by atoms with Gasteiger partial charge in [0.2, 0.25) is 10.0 Å². The summed E-state index contributed by atoms with van der Waals surface area (Å²) in [7, 11) is -1.85. The number of hydrogen-bond donors (Lipinski definition) is 1. The van der Waals surface area contributed by atoms with Crippen LogP contribution in [0.3, 0.4) is 0 Å². The molecule has 0 aromatic carbocycles. The Labute approximate surface area is 113 Å². The van der Waals surface area contributed by atoms with E-state index in [0.29, 0.717) is 5.82 Å². The maximum Gasteiger partial charge on any atom is 0.243 e. The maximum absolute atomic E-state index is 12.5. The second-order valence-electron chi connectivity index (χ2n) is 4.38. The van der Waals surface area contributed by atoms with Crippen LogP contribution in [0.25, 0.3) is 0 Å². The van der Waals surface area contributed by atoms with E-state index in [-0.39, 0.29) is 23.9 Å². The SMILES string of the molecule is CNc1cc(S(=O)(=O)N(CCC#N)C2CC2)ccn1. The summed E-state index contributed by atoms with van der Waals surface area (Å²) in [5, 5.41) is 11.5. The van der Waals surface area contributed by atoms with Gasteiger partial charge < -0.3 is 5.32 Å². The highest BCUT2D eigenvalue weighted by Gasteiger charge is 2.37. The second kappa shape index (κ2) is 5.55. The molecule has 0 saturated heterocycles. The molecule has 1 aliphatic carbocycles. The third-order valence-corrected chi connectivity index (χ3v) is 4.94. The fourth-order valence-electron chi connectivity index (χ4n) is 1.87. The van der Waals surface area contributed by atoms with Crippen molar-refractivity contribution in [1.29, 1.82) is 5.26 Å². The van der Waals surface area contributed by atoms with Crippen molar-refractivity contribution < 1.29 is 8.42 Å². The van der Waals surface area contributed by atoms with Gasteiger partial charge in [0.1, 0.15) is 5.82 Å². The predicted molar refractivity (Wildman–Crippen MR) is 70.9 cm³/mol. The van der Waals surface area contributed by atoms with Gasteiger partial charge in [0.25, 0.3) is 0 Å². The van der Waals surface area contributed by atoms with Gasteiger partial charge in [-0.1, -0.05) is 0 Å². The molecule has 0 unspecified atom stereocenters. The summed E-state index contributed by atoms with van der Waals surface area (Å²) in [6.45, 7) is 0.251. The van der Waals surface area contributed by atoms with Crippen molar-refractivity contribution in [3.8, 4) is 6.07 Å². The van der Waals surface area contributed by atoms with E-state index < -0.39 is 10.0 Å². The Morgan fingerprint density at radius 3 is 2.89 bits per heavy atom. The quantitative estimate of drug-likeness (QED) is 0.846. The summed E-state index contributed by atoms with van der Waals surface area (Å²) in [5.41, 5.74) is 0. The molecule has 0 radical (unpaired) electrons. The summed E-state index contributed by atoms with van der Waals surface area (Å²) in [6.07, 6.45) is 3.41. The standard InChI is InChI=1S/C12H16N4O2S/c1-14-12-9-11(5-7-15-12)19(17,18)16(8-2-6-13)10-3-4-10/h5,7,9-10H,2-4,8H2,1H3,(H,14,15). The molecule has 0 amide bonds. The van der Waals surface area contributed by atoms with Crippen molar-refractivity contribution in [2.24, 2.45) is 0 Å². The van der Waals surface area contributed by atoms with E-state index in [9.17, 15) is 8.42 Å². The Morgan fingerprint density at radius 1 is 1.58 bits per heavy atom. The highest BCUT2D eigenvalue weighted by atomic mass is 32.2. The first kappa shape index (κ1) is 13.8. The van der Waals surface area contributed by atoms with Crippen LogP contribution in [-0.4, -0.2) is 37.3 Å². The summed E-state index contributed by atoms with van der Waals surface area (Å²) >= 11 is 0. The molecule has 1 N–H and O–H groups in total. The van der Waals surface area contributed by atoms with Crippen molar-refractivity contribution in [3.05, 3.63) is 18.3 Å². The van der Waals surface area contributed by atoms with Crippen LogP contribution in [-0.2, 0) is 10.0 Å². The van der Waals surface area contributed by atoms with Crippen molar-refractivity contribution >= 4 is 15.8 Å². The number of nitrogens with one attached hydrogen (secondary N) is 1. The van der Waals surface area contributed by atoms with E-state index >= 15 is 0 Å². The molecule has 0 aliphatic heterocycles. The van der Waals surface area contributed by atoms with Gasteiger partial charge in [-0.15, -0.1) is 0 Å². The molecule has 1 aromatic heterocycles. The molecular formula is C12H16N4O2S. The molecule has 19 heavy (non-hydrogen) atoms. The number of pyridine rings is 1. The molecule has 1 heterocycles. The molecule has 0 spiro atoms. The lowest BCUT2D eigenvalue weighted by Crippen LogP contribution is -2.34. The van der Waals surface area contributed by atoms with E-state index in [1.807, 2.05) is 6.07 Å². The Morgan fingerprint density at radius 2 is 2.32 bits per heavy atom.